The minimum absolute atomic E-state index is 0.881. The van der Waals surface area contributed by atoms with Crippen LogP contribution in [0.5, 0.6) is 0 Å². The summed E-state index contributed by atoms with van der Waals surface area (Å²) < 4.78 is 9.10. The third-order valence-electron chi connectivity index (χ3n) is 9.73. The lowest BCUT2D eigenvalue weighted by atomic mass is 10.00. The molecule has 0 aliphatic carbocycles. The van der Waals surface area contributed by atoms with Gasteiger partial charge in [0.1, 0.15) is 11.2 Å². The van der Waals surface area contributed by atoms with Gasteiger partial charge in [0.2, 0.25) is 0 Å². The van der Waals surface area contributed by atoms with E-state index in [0.29, 0.717) is 0 Å². The van der Waals surface area contributed by atoms with E-state index in [0.717, 1.165) is 66.5 Å². The van der Waals surface area contributed by atoms with Gasteiger partial charge in [-0.25, -0.2) is 0 Å². The van der Waals surface area contributed by atoms with Gasteiger partial charge in [0, 0.05) is 32.9 Å². The van der Waals surface area contributed by atoms with Crippen LogP contribution in [-0.2, 0) is 0 Å². The fourth-order valence-corrected chi connectivity index (χ4v) is 7.62. The Hall–Kier alpha value is -6.58. The second kappa shape index (κ2) is 11.0. The predicted molar refractivity (Wildman–Crippen MR) is 206 cm³/mol. The normalized spacial score (nSPS) is 11.7. The average Bonchev–Trinajstić information content (AvgIpc) is 3.73. The fraction of sp³-hybridized carbons (Fsp3) is 0. The van der Waals surface area contributed by atoms with Gasteiger partial charge in [0.25, 0.3) is 0 Å². The minimum Gasteiger partial charge on any atom is -0.455 e. The number of aromatic nitrogens is 1. The number of anilines is 3. The summed E-state index contributed by atoms with van der Waals surface area (Å²) in [5, 5.41) is 6.84. The molecule has 0 N–H and O–H groups in total. The molecule has 0 aliphatic rings. The van der Waals surface area contributed by atoms with Gasteiger partial charge in [-0.05, 0) is 71.1 Å². The summed E-state index contributed by atoms with van der Waals surface area (Å²) in [7, 11) is 0. The third-order valence-corrected chi connectivity index (χ3v) is 9.73. The molecule has 0 saturated heterocycles. The Kier molecular flexibility index (Phi) is 6.18. The molecule has 0 atom stereocenters. The topological polar surface area (TPSA) is 21.3 Å². The number of hydrogen-bond donors (Lipinski definition) is 0. The first-order chi connectivity index (χ1) is 24.3. The highest BCUT2D eigenvalue weighted by molar-refractivity contribution is 6.24. The lowest BCUT2D eigenvalue weighted by molar-refractivity contribution is 0.672. The van der Waals surface area contributed by atoms with E-state index in [9.17, 15) is 0 Å². The Morgan fingerprint density at radius 1 is 0.429 bits per heavy atom. The van der Waals surface area contributed by atoms with Crippen molar-refractivity contribution < 1.29 is 4.42 Å². The van der Waals surface area contributed by atoms with Crippen LogP contribution in [0.4, 0.5) is 17.1 Å². The van der Waals surface area contributed by atoms with E-state index in [1.165, 1.54) is 21.9 Å². The van der Waals surface area contributed by atoms with Crippen molar-refractivity contribution in [3.63, 3.8) is 0 Å². The Labute approximate surface area is 283 Å². The van der Waals surface area contributed by atoms with Gasteiger partial charge in [-0.1, -0.05) is 127 Å². The Morgan fingerprint density at radius 2 is 1.08 bits per heavy atom. The maximum Gasteiger partial charge on any atom is 0.145 e. The van der Waals surface area contributed by atoms with Gasteiger partial charge in [-0.3, -0.25) is 0 Å². The van der Waals surface area contributed by atoms with E-state index < -0.39 is 0 Å². The van der Waals surface area contributed by atoms with Gasteiger partial charge < -0.3 is 13.9 Å². The summed E-state index contributed by atoms with van der Waals surface area (Å²) in [5.74, 6) is 0. The summed E-state index contributed by atoms with van der Waals surface area (Å²) in [5.41, 5.74) is 10.9. The Balaban J connectivity index is 1.36. The highest BCUT2D eigenvalue weighted by atomic mass is 16.3. The third kappa shape index (κ3) is 4.29. The Morgan fingerprint density at radius 3 is 1.94 bits per heavy atom. The SMILES string of the molecule is c1ccc(-c2cccc(N(c3cc4ccccc4c4oc5ccccc5c34)c3cccc4c3c3ccccc3n4-c3ccccc3)c2)cc1. The van der Waals surface area contributed by atoms with Crippen molar-refractivity contribution in [3.05, 3.63) is 182 Å². The highest BCUT2D eigenvalue weighted by Gasteiger charge is 2.25. The van der Waals surface area contributed by atoms with Crippen LogP contribution in [0.15, 0.2) is 186 Å². The van der Waals surface area contributed by atoms with E-state index in [4.69, 9.17) is 4.42 Å². The summed E-state index contributed by atoms with van der Waals surface area (Å²) in [6.45, 7) is 0. The first kappa shape index (κ1) is 27.5. The zero-order valence-corrected chi connectivity index (χ0v) is 26.6. The first-order valence-corrected chi connectivity index (χ1v) is 16.7. The molecule has 2 heterocycles. The van der Waals surface area contributed by atoms with Crippen LogP contribution in [0.3, 0.4) is 0 Å². The van der Waals surface area contributed by atoms with Crippen LogP contribution in [0.2, 0.25) is 0 Å². The molecule has 0 amide bonds. The second-order valence-corrected chi connectivity index (χ2v) is 12.5. The number of benzene rings is 8. The number of rotatable bonds is 5. The molecule has 0 radical (unpaired) electrons. The number of para-hydroxylation sites is 3. The fourth-order valence-electron chi connectivity index (χ4n) is 7.62. The van der Waals surface area contributed by atoms with E-state index in [1.807, 2.05) is 6.07 Å². The van der Waals surface area contributed by atoms with Gasteiger partial charge in [0.05, 0.1) is 27.8 Å². The molecule has 0 unspecified atom stereocenters. The second-order valence-electron chi connectivity index (χ2n) is 12.5. The van der Waals surface area contributed by atoms with Crippen LogP contribution >= 0.6 is 0 Å². The zero-order chi connectivity index (χ0) is 32.3. The van der Waals surface area contributed by atoms with Crippen molar-refractivity contribution in [1.82, 2.24) is 4.57 Å². The predicted octanol–water partition coefficient (Wildman–Crippen LogP) is 13.0. The molecule has 3 heteroatoms. The largest absolute Gasteiger partial charge is 0.455 e. The molecule has 230 valence electrons. The lowest BCUT2D eigenvalue weighted by Crippen LogP contribution is -2.11. The molecule has 0 fully saturated rings. The van der Waals surface area contributed by atoms with Crippen LogP contribution in [0.1, 0.15) is 0 Å². The van der Waals surface area contributed by atoms with Crippen molar-refractivity contribution in [2.24, 2.45) is 0 Å². The van der Waals surface area contributed by atoms with Crippen LogP contribution < -0.4 is 4.90 Å². The molecule has 10 rings (SSSR count). The molecule has 8 aromatic carbocycles. The molecule has 3 nitrogen and oxygen atoms in total. The molecule has 0 saturated carbocycles. The average molecular weight is 627 g/mol. The van der Waals surface area contributed by atoms with Crippen molar-refractivity contribution in [2.45, 2.75) is 0 Å². The quantitative estimate of drug-likeness (QED) is 0.190. The van der Waals surface area contributed by atoms with E-state index in [1.54, 1.807) is 0 Å². The zero-order valence-electron chi connectivity index (χ0n) is 26.6. The van der Waals surface area contributed by atoms with Crippen LogP contribution in [0.25, 0.3) is 71.3 Å². The lowest BCUT2D eigenvalue weighted by Gasteiger charge is -2.28. The molecular formula is C46H30N2O. The smallest absolute Gasteiger partial charge is 0.145 e. The molecule has 10 aromatic rings. The number of nitrogens with zero attached hydrogens (tertiary/aromatic N) is 2. The van der Waals surface area contributed by atoms with Crippen molar-refractivity contribution in [2.75, 3.05) is 4.90 Å². The number of furan rings is 1. The van der Waals surface area contributed by atoms with Gasteiger partial charge in [-0.15, -0.1) is 0 Å². The summed E-state index contributed by atoms with van der Waals surface area (Å²) in [6.07, 6.45) is 0. The van der Waals surface area contributed by atoms with Crippen molar-refractivity contribution in [1.29, 1.82) is 0 Å². The highest BCUT2D eigenvalue weighted by Crippen LogP contribution is 2.49. The monoisotopic (exact) mass is 626 g/mol. The number of hydrogen-bond acceptors (Lipinski definition) is 2. The van der Waals surface area contributed by atoms with E-state index in [2.05, 4.69) is 185 Å². The van der Waals surface area contributed by atoms with Crippen molar-refractivity contribution >= 4 is 71.6 Å². The maximum absolute atomic E-state index is 6.71. The van der Waals surface area contributed by atoms with Gasteiger partial charge in [-0.2, -0.15) is 0 Å². The van der Waals surface area contributed by atoms with Crippen LogP contribution in [0, 0.1) is 0 Å². The van der Waals surface area contributed by atoms with Crippen LogP contribution in [-0.4, -0.2) is 4.57 Å². The maximum atomic E-state index is 6.71. The Bertz CT molecular complexity index is 2830. The van der Waals surface area contributed by atoms with Crippen molar-refractivity contribution in [3.8, 4) is 16.8 Å². The standard InChI is InChI=1S/C46H30N2O/c1-3-15-31(16-4-1)32-18-13-21-35(29-32)48(42-30-33-17-7-8-22-36(33)46-45(42)38-24-10-12-28-43(38)49-46)41-27-14-26-40-44(41)37-23-9-11-25-39(37)47(40)34-19-5-2-6-20-34/h1-30H. The summed E-state index contributed by atoms with van der Waals surface area (Å²) in [6, 6.07) is 64.9. The molecule has 2 aromatic heterocycles. The van der Waals surface area contributed by atoms with E-state index in [-0.39, 0.29) is 0 Å². The minimum atomic E-state index is 0.881. The first-order valence-electron chi connectivity index (χ1n) is 16.7. The number of fused-ring (bicyclic) bond motifs is 8. The molecule has 0 spiro atoms. The van der Waals surface area contributed by atoms with Gasteiger partial charge in [0.15, 0.2) is 0 Å². The molecular weight excluding hydrogens is 597 g/mol. The van der Waals surface area contributed by atoms with Gasteiger partial charge >= 0.3 is 0 Å². The molecule has 49 heavy (non-hydrogen) atoms. The molecule has 0 aliphatic heterocycles. The van der Waals surface area contributed by atoms with E-state index >= 15 is 0 Å². The summed E-state index contributed by atoms with van der Waals surface area (Å²) in [4.78, 5) is 2.45. The summed E-state index contributed by atoms with van der Waals surface area (Å²) >= 11 is 0. The molecule has 0 bridgehead atoms.